The monoisotopic (exact) mass is 340 g/mol. The molecule has 1 unspecified atom stereocenters. The lowest BCUT2D eigenvalue weighted by Gasteiger charge is -2.33. The van der Waals surface area contributed by atoms with Crippen LogP contribution < -0.4 is 0 Å². The number of hydrogen-bond donors (Lipinski definition) is 0. The fraction of sp³-hybridized carbons (Fsp3) is 0.571. The summed E-state index contributed by atoms with van der Waals surface area (Å²) >= 11 is 0. The van der Waals surface area contributed by atoms with Gasteiger partial charge in [0.1, 0.15) is 5.82 Å². The van der Waals surface area contributed by atoms with Crippen LogP contribution in [0.4, 0.5) is 0 Å². The summed E-state index contributed by atoms with van der Waals surface area (Å²) in [5.41, 5.74) is 1.42. The zero-order valence-electron chi connectivity index (χ0n) is 15.8. The summed E-state index contributed by atoms with van der Waals surface area (Å²) in [6.45, 7) is 8.89. The molecule has 136 valence electrons. The largest absolute Gasteiger partial charge is 0.334 e. The van der Waals surface area contributed by atoms with E-state index in [1.165, 1.54) is 43.9 Å². The summed E-state index contributed by atoms with van der Waals surface area (Å²) < 4.78 is 2.27. The molecule has 0 amide bonds. The van der Waals surface area contributed by atoms with Gasteiger partial charge in [-0.2, -0.15) is 0 Å². The van der Waals surface area contributed by atoms with Gasteiger partial charge in [0, 0.05) is 38.6 Å². The maximum absolute atomic E-state index is 4.60. The highest BCUT2D eigenvalue weighted by Crippen LogP contribution is 2.18. The van der Waals surface area contributed by atoms with E-state index in [2.05, 4.69) is 69.9 Å². The van der Waals surface area contributed by atoms with Crippen LogP contribution in [-0.4, -0.2) is 52.6 Å². The van der Waals surface area contributed by atoms with Gasteiger partial charge in [-0.05, 0) is 51.3 Å². The quantitative estimate of drug-likeness (QED) is 0.737. The topological polar surface area (TPSA) is 24.3 Å². The third-order valence-corrected chi connectivity index (χ3v) is 5.31. The summed E-state index contributed by atoms with van der Waals surface area (Å²) in [5.74, 6) is 1.97. The first-order chi connectivity index (χ1) is 12.2. The maximum atomic E-state index is 4.60. The Morgan fingerprint density at radius 2 is 2.08 bits per heavy atom. The standard InChI is InChI=1S/C21H32N4/c1-3-25-15-12-22-21(25)18-24(14-11-19-8-5-4-6-9-19)17-20-10-7-13-23(2)16-20/h4-6,8-9,12,15,20H,3,7,10-11,13-14,16-18H2,1-2H3. The van der Waals surface area contributed by atoms with E-state index < -0.39 is 0 Å². The third-order valence-electron chi connectivity index (χ3n) is 5.31. The second-order valence-corrected chi connectivity index (χ2v) is 7.37. The molecule has 1 aliphatic heterocycles. The predicted octanol–water partition coefficient (Wildman–Crippen LogP) is 3.29. The van der Waals surface area contributed by atoms with Crippen molar-refractivity contribution >= 4 is 0 Å². The Balaban J connectivity index is 1.64. The van der Waals surface area contributed by atoms with Crippen LogP contribution >= 0.6 is 0 Å². The zero-order chi connectivity index (χ0) is 17.5. The first kappa shape index (κ1) is 18.2. The van der Waals surface area contributed by atoms with E-state index in [1.807, 2.05) is 6.20 Å². The van der Waals surface area contributed by atoms with Gasteiger partial charge >= 0.3 is 0 Å². The molecule has 0 bridgehead atoms. The Hall–Kier alpha value is -1.65. The molecule has 2 aromatic rings. The summed E-state index contributed by atoms with van der Waals surface area (Å²) in [6.07, 6.45) is 7.82. The average molecular weight is 341 g/mol. The Morgan fingerprint density at radius 1 is 1.24 bits per heavy atom. The maximum Gasteiger partial charge on any atom is 0.122 e. The molecule has 1 aromatic heterocycles. The van der Waals surface area contributed by atoms with Crippen molar-refractivity contribution in [1.82, 2.24) is 19.4 Å². The van der Waals surface area contributed by atoms with Crippen molar-refractivity contribution in [1.29, 1.82) is 0 Å². The Labute approximate surface area is 152 Å². The third kappa shape index (κ3) is 5.41. The SMILES string of the molecule is CCn1ccnc1CN(CCc1ccccc1)CC1CCCN(C)C1. The number of likely N-dealkylation sites (tertiary alicyclic amines) is 1. The van der Waals surface area contributed by atoms with Crippen LogP contribution in [0.15, 0.2) is 42.7 Å². The molecule has 4 nitrogen and oxygen atoms in total. The van der Waals surface area contributed by atoms with Crippen LogP contribution in [-0.2, 0) is 19.5 Å². The summed E-state index contributed by atoms with van der Waals surface area (Å²) in [4.78, 5) is 9.70. The highest BCUT2D eigenvalue weighted by molar-refractivity contribution is 5.14. The molecule has 0 spiro atoms. The van der Waals surface area contributed by atoms with Crippen molar-refractivity contribution in [3.8, 4) is 0 Å². The lowest BCUT2D eigenvalue weighted by Crippen LogP contribution is -2.40. The summed E-state index contributed by atoms with van der Waals surface area (Å²) in [5, 5.41) is 0. The van der Waals surface area contributed by atoms with Gasteiger partial charge in [-0.25, -0.2) is 4.98 Å². The Kier molecular flexibility index (Phi) is 6.65. The number of hydrogen-bond acceptors (Lipinski definition) is 3. The number of benzene rings is 1. The van der Waals surface area contributed by atoms with Gasteiger partial charge in [0.05, 0.1) is 6.54 Å². The molecular formula is C21H32N4. The molecule has 25 heavy (non-hydrogen) atoms. The molecule has 1 fully saturated rings. The van der Waals surface area contributed by atoms with Crippen molar-refractivity contribution in [3.63, 3.8) is 0 Å². The smallest absolute Gasteiger partial charge is 0.122 e. The first-order valence-electron chi connectivity index (χ1n) is 9.69. The van der Waals surface area contributed by atoms with E-state index in [-0.39, 0.29) is 0 Å². The average Bonchev–Trinajstić information content (AvgIpc) is 3.08. The zero-order valence-corrected chi connectivity index (χ0v) is 15.8. The van der Waals surface area contributed by atoms with Gasteiger partial charge in [-0.15, -0.1) is 0 Å². The van der Waals surface area contributed by atoms with Crippen LogP contribution in [0.25, 0.3) is 0 Å². The van der Waals surface area contributed by atoms with Gasteiger partial charge < -0.3 is 9.47 Å². The fourth-order valence-corrected chi connectivity index (χ4v) is 3.93. The minimum absolute atomic E-state index is 0.777. The molecule has 1 atom stereocenters. The van der Waals surface area contributed by atoms with Crippen LogP contribution in [0, 0.1) is 5.92 Å². The van der Waals surface area contributed by atoms with E-state index in [9.17, 15) is 0 Å². The Bertz CT molecular complexity index is 622. The van der Waals surface area contributed by atoms with Crippen LogP contribution in [0.3, 0.4) is 0 Å². The van der Waals surface area contributed by atoms with Crippen molar-refractivity contribution < 1.29 is 0 Å². The summed E-state index contributed by atoms with van der Waals surface area (Å²) in [7, 11) is 2.25. The predicted molar refractivity (Wildman–Crippen MR) is 104 cm³/mol. The molecule has 0 saturated carbocycles. The number of aromatic nitrogens is 2. The minimum atomic E-state index is 0.777. The molecule has 1 aliphatic rings. The number of nitrogens with zero attached hydrogens (tertiary/aromatic N) is 4. The van der Waals surface area contributed by atoms with Gasteiger partial charge in [0.2, 0.25) is 0 Å². The lowest BCUT2D eigenvalue weighted by molar-refractivity contribution is 0.145. The molecule has 2 heterocycles. The number of rotatable bonds is 8. The second kappa shape index (κ2) is 9.16. The van der Waals surface area contributed by atoms with E-state index in [0.717, 1.165) is 32.0 Å². The molecular weight excluding hydrogens is 308 g/mol. The van der Waals surface area contributed by atoms with E-state index in [1.54, 1.807) is 0 Å². The highest BCUT2D eigenvalue weighted by atomic mass is 15.2. The molecule has 1 aromatic carbocycles. The molecule has 0 aliphatic carbocycles. The van der Waals surface area contributed by atoms with E-state index in [0.29, 0.717) is 0 Å². The van der Waals surface area contributed by atoms with Gasteiger partial charge in [0.25, 0.3) is 0 Å². The molecule has 1 saturated heterocycles. The Morgan fingerprint density at radius 3 is 2.84 bits per heavy atom. The van der Waals surface area contributed by atoms with Crippen LogP contribution in [0.2, 0.25) is 0 Å². The summed E-state index contributed by atoms with van der Waals surface area (Å²) in [6, 6.07) is 10.8. The minimum Gasteiger partial charge on any atom is -0.334 e. The normalized spacial score (nSPS) is 18.8. The number of imidazole rings is 1. The first-order valence-corrected chi connectivity index (χ1v) is 9.69. The van der Waals surface area contributed by atoms with Crippen molar-refractivity contribution in [2.24, 2.45) is 5.92 Å². The van der Waals surface area contributed by atoms with E-state index >= 15 is 0 Å². The van der Waals surface area contributed by atoms with Crippen LogP contribution in [0.1, 0.15) is 31.2 Å². The number of aryl methyl sites for hydroxylation is 1. The van der Waals surface area contributed by atoms with Gasteiger partial charge in [-0.1, -0.05) is 30.3 Å². The molecule has 4 heteroatoms. The van der Waals surface area contributed by atoms with Gasteiger partial charge in [0.15, 0.2) is 0 Å². The van der Waals surface area contributed by atoms with Crippen molar-refractivity contribution in [2.45, 2.75) is 39.3 Å². The second-order valence-electron chi connectivity index (χ2n) is 7.37. The van der Waals surface area contributed by atoms with Crippen molar-refractivity contribution in [3.05, 3.63) is 54.1 Å². The van der Waals surface area contributed by atoms with E-state index in [4.69, 9.17) is 0 Å². The van der Waals surface area contributed by atoms with Gasteiger partial charge in [-0.3, -0.25) is 4.90 Å². The molecule has 0 radical (unpaired) electrons. The lowest BCUT2D eigenvalue weighted by atomic mass is 9.97. The van der Waals surface area contributed by atoms with Crippen molar-refractivity contribution in [2.75, 3.05) is 33.2 Å². The number of piperidine rings is 1. The van der Waals surface area contributed by atoms with Crippen LogP contribution in [0.5, 0.6) is 0 Å². The highest BCUT2D eigenvalue weighted by Gasteiger charge is 2.21. The molecule has 0 N–H and O–H groups in total. The fourth-order valence-electron chi connectivity index (χ4n) is 3.93. The molecule has 3 rings (SSSR count).